The number of rotatable bonds is 4. The van der Waals surface area contributed by atoms with Crippen molar-refractivity contribution in [3.05, 3.63) is 0 Å². The molecule has 6 heteroatoms. The highest BCUT2D eigenvalue weighted by molar-refractivity contribution is 5.85. The van der Waals surface area contributed by atoms with Crippen LogP contribution in [0.1, 0.15) is 12.8 Å². The van der Waals surface area contributed by atoms with Crippen molar-refractivity contribution in [3.63, 3.8) is 0 Å². The van der Waals surface area contributed by atoms with Gasteiger partial charge in [-0.15, -0.1) is 24.8 Å². The van der Waals surface area contributed by atoms with Crippen LogP contribution < -0.4 is 11.5 Å². The lowest BCUT2D eigenvalue weighted by atomic mass is 10.1. The third-order valence-electron chi connectivity index (χ3n) is 1.48. The minimum absolute atomic E-state index is 0. The van der Waals surface area contributed by atoms with Crippen molar-refractivity contribution in [2.75, 3.05) is 20.6 Å². The monoisotopic (exact) mass is 231 g/mol. The maximum absolute atomic E-state index is 11.1. The molecule has 0 rings (SSSR count). The Kier molecular flexibility index (Phi) is 14.5. The number of hydrogen-bond acceptors (Lipinski definition) is 3. The fourth-order valence-corrected chi connectivity index (χ4v) is 0.793. The maximum Gasteiger partial charge on any atom is 0.238 e. The lowest BCUT2D eigenvalue weighted by Crippen LogP contribution is -2.39. The molecule has 0 radical (unpaired) electrons. The van der Waals surface area contributed by atoms with E-state index in [4.69, 9.17) is 11.5 Å². The minimum atomic E-state index is -0.381. The highest BCUT2D eigenvalue weighted by atomic mass is 35.5. The van der Waals surface area contributed by atoms with Gasteiger partial charge < -0.3 is 16.4 Å². The molecule has 0 heterocycles. The quantitative estimate of drug-likeness (QED) is 0.715. The summed E-state index contributed by atoms with van der Waals surface area (Å²) in [5.41, 5.74) is 10.8. The summed E-state index contributed by atoms with van der Waals surface area (Å²) in [6, 6.07) is -0.381. The Balaban J connectivity index is -0.000000500. The van der Waals surface area contributed by atoms with Gasteiger partial charge in [0.15, 0.2) is 0 Å². The van der Waals surface area contributed by atoms with Crippen molar-refractivity contribution in [2.24, 2.45) is 11.5 Å². The van der Waals surface area contributed by atoms with Gasteiger partial charge in [-0.1, -0.05) is 0 Å². The van der Waals surface area contributed by atoms with Gasteiger partial charge in [0.25, 0.3) is 0 Å². The molecule has 0 aromatic rings. The van der Waals surface area contributed by atoms with Gasteiger partial charge in [-0.3, -0.25) is 4.79 Å². The maximum atomic E-state index is 11.1. The van der Waals surface area contributed by atoms with E-state index in [1.807, 2.05) is 0 Å². The van der Waals surface area contributed by atoms with Crippen LogP contribution in [0, 0.1) is 0 Å². The lowest BCUT2D eigenvalue weighted by Gasteiger charge is -2.15. The van der Waals surface area contributed by atoms with Gasteiger partial charge in [0.05, 0.1) is 6.04 Å². The molecule has 4 N–H and O–H groups in total. The van der Waals surface area contributed by atoms with Gasteiger partial charge in [-0.25, -0.2) is 0 Å². The van der Waals surface area contributed by atoms with E-state index in [2.05, 4.69) is 0 Å². The standard InChI is InChI=1S/C7H17N3O.2ClH/c1-10(2)7(11)6(9)4-3-5-8;;/h6H,3-5,8-9H2,1-2H3;2*1H/t6-;;/m0../s1. The molecule has 0 saturated heterocycles. The second-order valence-electron chi connectivity index (χ2n) is 2.77. The summed E-state index contributed by atoms with van der Waals surface area (Å²) in [5.74, 6) is -0.0292. The zero-order valence-electron chi connectivity index (χ0n) is 8.03. The summed E-state index contributed by atoms with van der Waals surface area (Å²) in [7, 11) is 3.40. The predicted octanol–water partition coefficient (Wildman–Crippen LogP) is -0.0156. The molecule has 1 atom stereocenters. The van der Waals surface area contributed by atoms with Gasteiger partial charge in [-0.2, -0.15) is 0 Å². The molecule has 13 heavy (non-hydrogen) atoms. The Morgan fingerprint density at radius 1 is 1.38 bits per heavy atom. The van der Waals surface area contributed by atoms with E-state index < -0.39 is 0 Å². The van der Waals surface area contributed by atoms with Gasteiger partial charge in [-0.05, 0) is 19.4 Å². The van der Waals surface area contributed by atoms with E-state index >= 15 is 0 Å². The Labute approximate surface area is 91.8 Å². The van der Waals surface area contributed by atoms with E-state index in [0.717, 1.165) is 6.42 Å². The summed E-state index contributed by atoms with van der Waals surface area (Å²) in [6.45, 7) is 0.592. The molecule has 0 saturated carbocycles. The van der Waals surface area contributed by atoms with Crippen LogP contribution in [0.15, 0.2) is 0 Å². The predicted molar refractivity (Wildman–Crippen MR) is 59.5 cm³/mol. The van der Waals surface area contributed by atoms with Gasteiger partial charge in [0, 0.05) is 14.1 Å². The van der Waals surface area contributed by atoms with Gasteiger partial charge in [0.1, 0.15) is 0 Å². The first-order valence-corrected chi connectivity index (χ1v) is 3.76. The van der Waals surface area contributed by atoms with Crippen molar-refractivity contribution >= 4 is 30.7 Å². The fraction of sp³-hybridized carbons (Fsp3) is 0.857. The topological polar surface area (TPSA) is 72.3 Å². The van der Waals surface area contributed by atoms with Crippen molar-refractivity contribution in [2.45, 2.75) is 18.9 Å². The number of amides is 1. The van der Waals surface area contributed by atoms with Crippen LogP contribution in [0.25, 0.3) is 0 Å². The molecular formula is C7H19Cl2N3O. The smallest absolute Gasteiger partial charge is 0.238 e. The van der Waals surface area contributed by atoms with Gasteiger partial charge >= 0.3 is 0 Å². The molecule has 0 fully saturated rings. The number of nitrogens with zero attached hydrogens (tertiary/aromatic N) is 1. The lowest BCUT2D eigenvalue weighted by molar-refractivity contribution is -0.130. The number of nitrogens with two attached hydrogens (primary N) is 2. The molecule has 0 aromatic carbocycles. The SMILES string of the molecule is CN(C)C(=O)[C@@H](N)CCCN.Cl.Cl. The zero-order valence-corrected chi connectivity index (χ0v) is 9.66. The minimum Gasteiger partial charge on any atom is -0.347 e. The van der Waals surface area contributed by atoms with E-state index in [1.54, 1.807) is 14.1 Å². The Morgan fingerprint density at radius 2 is 1.85 bits per heavy atom. The Morgan fingerprint density at radius 3 is 2.15 bits per heavy atom. The number of carbonyl (C=O) groups is 1. The average Bonchev–Trinajstić information content (AvgIpc) is 1.98. The fourth-order valence-electron chi connectivity index (χ4n) is 0.793. The number of carbonyl (C=O) groups excluding carboxylic acids is 1. The first kappa shape index (κ1) is 18.7. The summed E-state index contributed by atoms with van der Waals surface area (Å²) in [6.07, 6.45) is 1.48. The molecule has 0 aliphatic heterocycles. The van der Waals surface area contributed by atoms with Crippen LogP contribution >= 0.6 is 24.8 Å². The first-order chi connectivity index (χ1) is 5.09. The molecule has 0 unspecified atom stereocenters. The Hall–Kier alpha value is -0.0300. The van der Waals surface area contributed by atoms with Crippen LogP contribution in [0.2, 0.25) is 0 Å². The summed E-state index contributed by atoms with van der Waals surface area (Å²) in [4.78, 5) is 12.6. The van der Waals surface area contributed by atoms with Crippen molar-refractivity contribution in [1.82, 2.24) is 4.90 Å². The summed E-state index contributed by atoms with van der Waals surface area (Å²) >= 11 is 0. The molecule has 1 amide bonds. The van der Waals surface area contributed by atoms with Crippen LogP contribution in [0.5, 0.6) is 0 Å². The third-order valence-corrected chi connectivity index (χ3v) is 1.48. The molecule has 0 aromatic heterocycles. The average molecular weight is 232 g/mol. The van der Waals surface area contributed by atoms with Crippen molar-refractivity contribution in [3.8, 4) is 0 Å². The van der Waals surface area contributed by atoms with E-state index in [9.17, 15) is 4.79 Å². The van der Waals surface area contributed by atoms with Crippen LogP contribution in [0.3, 0.4) is 0 Å². The third kappa shape index (κ3) is 8.30. The molecular weight excluding hydrogens is 213 g/mol. The first-order valence-electron chi connectivity index (χ1n) is 3.76. The Bertz CT molecular complexity index is 133. The largest absolute Gasteiger partial charge is 0.347 e. The molecule has 0 aliphatic rings. The second-order valence-corrected chi connectivity index (χ2v) is 2.77. The normalized spacial score (nSPS) is 10.8. The number of likely N-dealkylation sites (N-methyl/N-ethyl adjacent to an activating group) is 1. The molecule has 4 nitrogen and oxygen atoms in total. The van der Waals surface area contributed by atoms with Crippen molar-refractivity contribution < 1.29 is 4.79 Å². The molecule has 82 valence electrons. The van der Waals surface area contributed by atoms with E-state index in [1.165, 1.54) is 4.90 Å². The van der Waals surface area contributed by atoms with Crippen LogP contribution in [-0.2, 0) is 4.79 Å². The number of halogens is 2. The zero-order chi connectivity index (χ0) is 8.85. The van der Waals surface area contributed by atoms with Crippen LogP contribution in [-0.4, -0.2) is 37.5 Å². The highest BCUT2D eigenvalue weighted by Gasteiger charge is 2.13. The highest BCUT2D eigenvalue weighted by Crippen LogP contribution is 1.95. The van der Waals surface area contributed by atoms with E-state index in [-0.39, 0.29) is 36.8 Å². The second kappa shape index (κ2) is 10.1. The van der Waals surface area contributed by atoms with Crippen molar-refractivity contribution in [1.29, 1.82) is 0 Å². The number of hydrogen-bond donors (Lipinski definition) is 2. The van der Waals surface area contributed by atoms with Crippen LogP contribution in [0.4, 0.5) is 0 Å². The van der Waals surface area contributed by atoms with Gasteiger partial charge in [0.2, 0.25) is 5.91 Å². The summed E-state index contributed by atoms with van der Waals surface area (Å²) < 4.78 is 0. The summed E-state index contributed by atoms with van der Waals surface area (Å²) in [5, 5.41) is 0. The molecule has 0 bridgehead atoms. The molecule has 0 aliphatic carbocycles. The van der Waals surface area contributed by atoms with E-state index in [0.29, 0.717) is 13.0 Å². The molecule has 0 spiro atoms.